The van der Waals surface area contributed by atoms with Crippen LogP contribution in [0.25, 0.3) is 0 Å². The number of Topliss-reactive ketones (excluding diaryl/α,β-unsaturated/α-hetero) is 1. The van der Waals surface area contributed by atoms with E-state index in [4.69, 9.17) is 0 Å². The van der Waals surface area contributed by atoms with E-state index in [2.05, 4.69) is 4.90 Å². The number of rotatable bonds is 3. The van der Waals surface area contributed by atoms with Crippen LogP contribution >= 0.6 is 0 Å². The smallest absolute Gasteiger partial charge is 0.176 e. The fourth-order valence-corrected chi connectivity index (χ4v) is 2.23. The number of ketones is 1. The van der Waals surface area contributed by atoms with Crippen molar-refractivity contribution in [3.8, 4) is 0 Å². The monoisotopic (exact) mass is 247 g/mol. The Labute approximate surface area is 108 Å². The zero-order valence-electron chi connectivity index (χ0n) is 11.1. The molecule has 1 aromatic rings. The normalized spacial score (nSPS) is 19.7. The Bertz CT molecular complexity index is 413. The van der Waals surface area contributed by atoms with Crippen LogP contribution < -0.4 is 0 Å². The highest BCUT2D eigenvalue weighted by molar-refractivity contribution is 5.97. The van der Waals surface area contributed by atoms with Crippen LogP contribution in [0.1, 0.15) is 35.7 Å². The first kappa shape index (κ1) is 13.2. The van der Waals surface area contributed by atoms with Gasteiger partial charge in [-0.2, -0.15) is 0 Å². The molecule has 2 rings (SSSR count). The maximum atomic E-state index is 12.1. The predicted molar refractivity (Wildman–Crippen MR) is 71.8 cm³/mol. The van der Waals surface area contributed by atoms with Crippen LogP contribution in [0.2, 0.25) is 0 Å². The third-order valence-corrected chi connectivity index (χ3v) is 3.67. The molecule has 0 atom stereocenters. The molecule has 98 valence electrons. The first-order valence-corrected chi connectivity index (χ1v) is 6.51. The Hall–Kier alpha value is -1.19. The number of aryl methyl sites for hydroxylation is 1. The van der Waals surface area contributed by atoms with Crippen molar-refractivity contribution in [2.24, 2.45) is 0 Å². The Morgan fingerprint density at radius 2 is 1.83 bits per heavy atom. The Morgan fingerprint density at radius 3 is 2.39 bits per heavy atom. The molecule has 0 aliphatic carbocycles. The lowest BCUT2D eigenvalue weighted by molar-refractivity contribution is -0.00420. The van der Waals surface area contributed by atoms with Crippen molar-refractivity contribution in [3.05, 3.63) is 35.4 Å². The van der Waals surface area contributed by atoms with E-state index in [0.717, 1.165) is 31.5 Å². The van der Waals surface area contributed by atoms with E-state index >= 15 is 0 Å². The molecular weight excluding hydrogens is 226 g/mol. The average molecular weight is 247 g/mol. The minimum absolute atomic E-state index is 0.163. The van der Waals surface area contributed by atoms with Crippen molar-refractivity contribution in [2.45, 2.75) is 32.3 Å². The van der Waals surface area contributed by atoms with Crippen LogP contribution in [-0.2, 0) is 0 Å². The minimum atomic E-state index is -0.552. The molecule has 0 saturated carbocycles. The first-order valence-electron chi connectivity index (χ1n) is 6.51. The number of hydrogen-bond acceptors (Lipinski definition) is 3. The lowest BCUT2D eigenvalue weighted by Gasteiger charge is -2.35. The van der Waals surface area contributed by atoms with Crippen LogP contribution in [0, 0.1) is 6.92 Å². The van der Waals surface area contributed by atoms with Crippen molar-refractivity contribution < 1.29 is 9.90 Å². The van der Waals surface area contributed by atoms with E-state index in [-0.39, 0.29) is 5.78 Å². The molecule has 1 aromatic carbocycles. The van der Waals surface area contributed by atoms with E-state index in [1.165, 1.54) is 5.56 Å². The van der Waals surface area contributed by atoms with Gasteiger partial charge in [-0.05, 0) is 26.7 Å². The summed E-state index contributed by atoms with van der Waals surface area (Å²) in [5.41, 5.74) is 1.39. The SMILES string of the molecule is Cc1ccc(C(=O)CN2CCC(C)(O)CC2)cc1. The largest absolute Gasteiger partial charge is 0.390 e. The van der Waals surface area contributed by atoms with E-state index < -0.39 is 5.60 Å². The predicted octanol–water partition coefficient (Wildman–Crippen LogP) is 2.02. The summed E-state index contributed by atoms with van der Waals surface area (Å²) in [5, 5.41) is 9.86. The molecule has 0 spiro atoms. The molecule has 1 N–H and O–H groups in total. The molecule has 1 heterocycles. The molecule has 0 radical (unpaired) electrons. The van der Waals surface area contributed by atoms with Gasteiger partial charge in [0.05, 0.1) is 12.1 Å². The van der Waals surface area contributed by atoms with E-state index in [0.29, 0.717) is 6.54 Å². The van der Waals surface area contributed by atoms with Crippen molar-refractivity contribution >= 4 is 5.78 Å². The summed E-state index contributed by atoms with van der Waals surface area (Å²) in [6.07, 6.45) is 1.49. The number of piperidine rings is 1. The summed E-state index contributed by atoms with van der Waals surface area (Å²) in [4.78, 5) is 14.2. The Morgan fingerprint density at radius 1 is 1.28 bits per heavy atom. The van der Waals surface area contributed by atoms with Gasteiger partial charge in [0.1, 0.15) is 0 Å². The summed E-state index contributed by atoms with van der Waals surface area (Å²) < 4.78 is 0. The van der Waals surface area contributed by atoms with E-state index in [1.54, 1.807) is 0 Å². The average Bonchev–Trinajstić information content (AvgIpc) is 2.33. The molecule has 1 saturated heterocycles. The third kappa shape index (κ3) is 3.40. The van der Waals surface area contributed by atoms with Crippen LogP contribution in [0.4, 0.5) is 0 Å². The van der Waals surface area contributed by atoms with E-state index in [9.17, 15) is 9.90 Å². The fraction of sp³-hybridized carbons (Fsp3) is 0.533. The lowest BCUT2D eigenvalue weighted by atomic mass is 9.93. The number of carbonyl (C=O) groups is 1. The number of benzene rings is 1. The molecule has 3 heteroatoms. The van der Waals surface area contributed by atoms with Gasteiger partial charge in [0.2, 0.25) is 0 Å². The summed E-state index contributed by atoms with van der Waals surface area (Å²) >= 11 is 0. The molecule has 0 amide bonds. The van der Waals surface area contributed by atoms with Crippen LogP contribution in [0.5, 0.6) is 0 Å². The second-order valence-electron chi connectivity index (χ2n) is 5.56. The molecule has 1 aliphatic rings. The zero-order chi connectivity index (χ0) is 13.2. The number of hydrogen-bond donors (Lipinski definition) is 1. The van der Waals surface area contributed by atoms with Crippen molar-refractivity contribution in [1.29, 1.82) is 0 Å². The Balaban J connectivity index is 1.90. The number of likely N-dealkylation sites (tertiary alicyclic amines) is 1. The molecular formula is C15H21NO2. The van der Waals surface area contributed by atoms with Crippen molar-refractivity contribution in [3.63, 3.8) is 0 Å². The van der Waals surface area contributed by atoms with Gasteiger partial charge in [-0.25, -0.2) is 0 Å². The molecule has 0 unspecified atom stereocenters. The van der Waals surface area contributed by atoms with Crippen LogP contribution in [-0.4, -0.2) is 41.0 Å². The highest BCUT2D eigenvalue weighted by Gasteiger charge is 2.28. The maximum Gasteiger partial charge on any atom is 0.176 e. The van der Waals surface area contributed by atoms with E-state index in [1.807, 2.05) is 38.1 Å². The van der Waals surface area contributed by atoms with Gasteiger partial charge in [0.25, 0.3) is 0 Å². The van der Waals surface area contributed by atoms with Gasteiger partial charge < -0.3 is 5.11 Å². The lowest BCUT2D eigenvalue weighted by Crippen LogP contribution is -2.44. The number of nitrogens with zero attached hydrogens (tertiary/aromatic N) is 1. The Kier molecular flexibility index (Phi) is 3.83. The fourth-order valence-electron chi connectivity index (χ4n) is 2.23. The first-order chi connectivity index (χ1) is 8.46. The van der Waals surface area contributed by atoms with Gasteiger partial charge >= 0.3 is 0 Å². The molecule has 0 bridgehead atoms. The van der Waals surface area contributed by atoms with Gasteiger partial charge in [-0.3, -0.25) is 9.69 Å². The van der Waals surface area contributed by atoms with Gasteiger partial charge in [-0.15, -0.1) is 0 Å². The van der Waals surface area contributed by atoms with Gasteiger partial charge in [0.15, 0.2) is 5.78 Å². The van der Waals surface area contributed by atoms with Crippen LogP contribution in [0.3, 0.4) is 0 Å². The molecule has 1 fully saturated rings. The zero-order valence-corrected chi connectivity index (χ0v) is 11.1. The summed E-state index contributed by atoms with van der Waals surface area (Å²) in [6.45, 7) is 5.93. The second kappa shape index (κ2) is 5.21. The number of carbonyl (C=O) groups excluding carboxylic acids is 1. The second-order valence-corrected chi connectivity index (χ2v) is 5.56. The molecule has 1 aliphatic heterocycles. The molecule has 3 nitrogen and oxygen atoms in total. The standard InChI is InChI=1S/C15H21NO2/c1-12-3-5-13(6-4-12)14(17)11-16-9-7-15(2,18)8-10-16/h3-6,18H,7-11H2,1-2H3. The number of aliphatic hydroxyl groups is 1. The van der Waals surface area contributed by atoms with Crippen LogP contribution in [0.15, 0.2) is 24.3 Å². The highest BCUT2D eigenvalue weighted by Crippen LogP contribution is 2.21. The third-order valence-electron chi connectivity index (χ3n) is 3.67. The summed E-state index contributed by atoms with van der Waals surface area (Å²) in [7, 11) is 0. The van der Waals surface area contributed by atoms with Gasteiger partial charge in [0, 0.05) is 18.7 Å². The highest BCUT2D eigenvalue weighted by atomic mass is 16.3. The molecule has 18 heavy (non-hydrogen) atoms. The summed E-state index contributed by atoms with van der Waals surface area (Å²) in [6, 6.07) is 7.71. The molecule has 0 aromatic heterocycles. The summed E-state index contributed by atoms with van der Waals surface area (Å²) in [5.74, 6) is 0.163. The van der Waals surface area contributed by atoms with Crippen molar-refractivity contribution in [1.82, 2.24) is 4.90 Å². The van der Waals surface area contributed by atoms with Gasteiger partial charge in [-0.1, -0.05) is 29.8 Å². The quantitative estimate of drug-likeness (QED) is 0.831. The topological polar surface area (TPSA) is 40.5 Å². The minimum Gasteiger partial charge on any atom is -0.390 e. The maximum absolute atomic E-state index is 12.1. The van der Waals surface area contributed by atoms with Crippen molar-refractivity contribution in [2.75, 3.05) is 19.6 Å².